The Morgan fingerprint density at radius 3 is 2.00 bits per heavy atom. The van der Waals surface area contributed by atoms with Crippen LogP contribution in [0, 0.1) is 5.41 Å². The molecule has 1 aliphatic carbocycles. The van der Waals surface area contributed by atoms with E-state index < -0.39 is 24.0 Å². The first-order chi connectivity index (χ1) is 4.94. The minimum atomic E-state index is -4.48. The highest BCUT2D eigenvalue weighted by atomic mass is 19.4. The highest BCUT2D eigenvalue weighted by Crippen LogP contribution is 2.57. The fourth-order valence-electron chi connectivity index (χ4n) is 0.997. The molecular weight excluding hydrogens is 161 g/mol. The van der Waals surface area contributed by atoms with Crippen LogP contribution in [0.25, 0.3) is 0 Å². The normalized spacial score (nSPS) is 21.5. The van der Waals surface area contributed by atoms with Gasteiger partial charge in [0, 0.05) is 0 Å². The van der Waals surface area contributed by atoms with Gasteiger partial charge in [-0.3, -0.25) is 4.79 Å². The SMILES string of the molecule is O=C(CO)C1(C(F)(F)F)CC1. The lowest BCUT2D eigenvalue weighted by molar-refractivity contribution is -0.192. The van der Waals surface area contributed by atoms with Crippen LogP contribution in [0.1, 0.15) is 12.8 Å². The maximum absolute atomic E-state index is 12.0. The van der Waals surface area contributed by atoms with Crippen LogP contribution in [0.2, 0.25) is 0 Å². The molecule has 64 valence electrons. The second-order valence-corrected chi connectivity index (χ2v) is 2.66. The molecule has 0 saturated heterocycles. The number of ketones is 1. The van der Waals surface area contributed by atoms with Crippen LogP contribution in [0.5, 0.6) is 0 Å². The van der Waals surface area contributed by atoms with E-state index >= 15 is 0 Å². The van der Waals surface area contributed by atoms with Crippen molar-refractivity contribution in [3.63, 3.8) is 0 Å². The van der Waals surface area contributed by atoms with Crippen LogP contribution in [-0.4, -0.2) is 23.7 Å². The first-order valence-corrected chi connectivity index (χ1v) is 3.15. The number of carbonyl (C=O) groups is 1. The monoisotopic (exact) mass is 168 g/mol. The Balaban J connectivity index is 2.76. The van der Waals surface area contributed by atoms with Gasteiger partial charge in [-0.15, -0.1) is 0 Å². The molecule has 1 N–H and O–H groups in total. The van der Waals surface area contributed by atoms with Crippen LogP contribution in [0.3, 0.4) is 0 Å². The van der Waals surface area contributed by atoms with Gasteiger partial charge in [0.25, 0.3) is 0 Å². The summed E-state index contributed by atoms with van der Waals surface area (Å²) in [5, 5.41) is 8.22. The third kappa shape index (κ3) is 1.13. The van der Waals surface area contributed by atoms with Gasteiger partial charge < -0.3 is 5.11 Å². The zero-order chi connectivity index (χ0) is 8.70. The summed E-state index contributed by atoms with van der Waals surface area (Å²) in [6, 6.07) is 0. The first kappa shape index (κ1) is 8.52. The molecule has 0 amide bonds. The summed E-state index contributed by atoms with van der Waals surface area (Å²) in [6.07, 6.45) is -4.82. The van der Waals surface area contributed by atoms with E-state index in [0.717, 1.165) is 0 Å². The van der Waals surface area contributed by atoms with Crippen LogP contribution in [0.15, 0.2) is 0 Å². The lowest BCUT2D eigenvalue weighted by atomic mass is 10.0. The van der Waals surface area contributed by atoms with Crippen LogP contribution in [0.4, 0.5) is 13.2 Å². The minimum Gasteiger partial charge on any atom is -0.389 e. The summed E-state index contributed by atoms with van der Waals surface area (Å²) in [5.74, 6) is -1.11. The number of aliphatic hydroxyl groups excluding tert-OH is 1. The van der Waals surface area contributed by atoms with Gasteiger partial charge in [-0.05, 0) is 12.8 Å². The van der Waals surface area contributed by atoms with Crippen LogP contribution < -0.4 is 0 Å². The summed E-state index contributed by atoms with van der Waals surface area (Å²) in [7, 11) is 0. The van der Waals surface area contributed by atoms with Crippen molar-refractivity contribution in [2.45, 2.75) is 19.0 Å². The summed E-state index contributed by atoms with van der Waals surface area (Å²) in [4.78, 5) is 10.6. The lowest BCUT2D eigenvalue weighted by Gasteiger charge is -2.15. The zero-order valence-corrected chi connectivity index (χ0v) is 5.61. The molecule has 1 aliphatic rings. The molecule has 0 spiro atoms. The quantitative estimate of drug-likeness (QED) is 0.664. The van der Waals surface area contributed by atoms with E-state index in [2.05, 4.69) is 0 Å². The average Bonchev–Trinajstić information content (AvgIpc) is 2.63. The van der Waals surface area contributed by atoms with Crippen LogP contribution >= 0.6 is 0 Å². The molecular formula is C6H7F3O2. The molecule has 0 aromatic carbocycles. The molecule has 0 heterocycles. The zero-order valence-electron chi connectivity index (χ0n) is 5.61. The summed E-state index contributed by atoms with van der Waals surface area (Å²) in [6.45, 7) is -1.01. The van der Waals surface area contributed by atoms with Crippen LogP contribution in [-0.2, 0) is 4.79 Å². The summed E-state index contributed by atoms with van der Waals surface area (Å²) >= 11 is 0. The molecule has 0 aromatic rings. The summed E-state index contributed by atoms with van der Waals surface area (Å²) in [5.41, 5.74) is -2.19. The number of carbonyl (C=O) groups excluding carboxylic acids is 1. The van der Waals surface area contributed by atoms with Crippen molar-refractivity contribution < 1.29 is 23.1 Å². The second kappa shape index (κ2) is 2.20. The molecule has 0 radical (unpaired) electrons. The van der Waals surface area contributed by atoms with Gasteiger partial charge in [-0.25, -0.2) is 0 Å². The highest BCUT2D eigenvalue weighted by Gasteiger charge is 2.67. The number of hydrogen-bond donors (Lipinski definition) is 1. The van der Waals surface area contributed by atoms with Gasteiger partial charge >= 0.3 is 6.18 Å². The fraction of sp³-hybridized carbons (Fsp3) is 0.833. The number of alkyl halides is 3. The molecule has 0 aliphatic heterocycles. The Hall–Kier alpha value is -0.580. The first-order valence-electron chi connectivity index (χ1n) is 3.15. The van der Waals surface area contributed by atoms with Gasteiger partial charge in [0.05, 0.1) is 0 Å². The van der Waals surface area contributed by atoms with E-state index in [4.69, 9.17) is 5.11 Å². The molecule has 0 aromatic heterocycles. The fourth-order valence-corrected chi connectivity index (χ4v) is 0.997. The number of hydrogen-bond acceptors (Lipinski definition) is 2. The van der Waals surface area contributed by atoms with Gasteiger partial charge in [-0.1, -0.05) is 0 Å². The molecule has 0 atom stereocenters. The van der Waals surface area contributed by atoms with E-state index in [1.807, 2.05) is 0 Å². The van der Waals surface area contributed by atoms with Crippen molar-refractivity contribution >= 4 is 5.78 Å². The Morgan fingerprint density at radius 1 is 1.45 bits per heavy atom. The van der Waals surface area contributed by atoms with Crippen molar-refractivity contribution in [3.05, 3.63) is 0 Å². The second-order valence-electron chi connectivity index (χ2n) is 2.66. The van der Waals surface area contributed by atoms with Crippen molar-refractivity contribution in [2.75, 3.05) is 6.61 Å². The number of aliphatic hydroxyl groups is 1. The van der Waals surface area contributed by atoms with Crippen molar-refractivity contribution in [2.24, 2.45) is 5.41 Å². The smallest absolute Gasteiger partial charge is 0.389 e. The molecule has 1 saturated carbocycles. The van der Waals surface area contributed by atoms with E-state index in [1.54, 1.807) is 0 Å². The Bertz CT molecular complexity index is 181. The van der Waals surface area contributed by atoms with Gasteiger partial charge in [-0.2, -0.15) is 13.2 Å². The molecule has 11 heavy (non-hydrogen) atoms. The van der Waals surface area contributed by atoms with E-state index in [-0.39, 0.29) is 12.8 Å². The van der Waals surface area contributed by atoms with E-state index in [0.29, 0.717) is 0 Å². The molecule has 5 heteroatoms. The predicted molar refractivity (Wildman–Crippen MR) is 29.8 cm³/mol. The van der Waals surface area contributed by atoms with Crippen molar-refractivity contribution in [3.8, 4) is 0 Å². The minimum absolute atomic E-state index is 0.171. The Labute approximate surface area is 61.0 Å². The predicted octanol–water partition coefficient (Wildman–Crippen LogP) is 0.890. The number of Topliss-reactive ketones (excluding diaryl/α,β-unsaturated/α-hetero) is 1. The number of rotatable bonds is 2. The molecule has 0 bridgehead atoms. The lowest BCUT2D eigenvalue weighted by Crippen LogP contribution is -2.34. The van der Waals surface area contributed by atoms with Gasteiger partial charge in [0.15, 0.2) is 5.78 Å². The molecule has 2 nitrogen and oxygen atoms in total. The van der Waals surface area contributed by atoms with Gasteiger partial charge in [0.2, 0.25) is 0 Å². The Morgan fingerprint density at radius 2 is 1.91 bits per heavy atom. The topological polar surface area (TPSA) is 37.3 Å². The van der Waals surface area contributed by atoms with Crippen molar-refractivity contribution in [1.82, 2.24) is 0 Å². The third-order valence-corrected chi connectivity index (χ3v) is 1.97. The standard InChI is InChI=1S/C6H7F3O2/c7-6(8,9)5(1-2-5)4(11)3-10/h10H,1-3H2. The third-order valence-electron chi connectivity index (χ3n) is 1.97. The maximum atomic E-state index is 12.0. The van der Waals surface area contributed by atoms with E-state index in [9.17, 15) is 18.0 Å². The maximum Gasteiger partial charge on any atom is 0.401 e. The number of halogens is 3. The average molecular weight is 168 g/mol. The van der Waals surface area contributed by atoms with Crippen molar-refractivity contribution in [1.29, 1.82) is 0 Å². The Kier molecular flexibility index (Phi) is 1.70. The summed E-state index contributed by atoms with van der Waals surface area (Å²) < 4.78 is 36.0. The molecule has 1 rings (SSSR count). The van der Waals surface area contributed by atoms with E-state index in [1.165, 1.54) is 0 Å². The van der Waals surface area contributed by atoms with Gasteiger partial charge in [0.1, 0.15) is 12.0 Å². The molecule has 1 fully saturated rings. The highest BCUT2D eigenvalue weighted by molar-refractivity contribution is 5.89. The molecule has 0 unspecified atom stereocenters. The largest absolute Gasteiger partial charge is 0.401 e.